The third-order valence-electron chi connectivity index (χ3n) is 14.8. The Kier molecular flexibility index (Phi) is 43.0. The first-order chi connectivity index (χ1) is 40.8. The third kappa shape index (κ3) is 39.0. The molecule has 0 heterocycles. The summed E-state index contributed by atoms with van der Waals surface area (Å²) < 4.78 is 28.0. The highest BCUT2D eigenvalue weighted by atomic mass is 32.2. The van der Waals surface area contributed by atoms with Crippen LogP contribution in [0.5, 0.6) is 0 Å². The average molecular weight is 1230 g/mol. The molecule has 15 heteroatoms. The molecule has 0 bridgehead atoms. The van der Waals surface area contributed by atoms with E-state index in [4.69, 9.17) is 28.8 Å². The van der Waals surface area contributed by atoms with Crippen molar-refractivity contribution < 1.29 is 57.9 Å². The molecule has 0 saturated carbocycles. The van der Waals surface area contributed by atoms with Crippen LogP contribution < -0.4 is 5.32 Å². The Bertz CT molecular complexity index is 2040. The van der Waals surface area contributed by atoms with Gasteiger partial charge in [-0.05, 0) is 83.1 Å². The van der Waals surface area contributed by atoms with Gasteiger partial charge >= 0.3 is 30.0 Å². The van der Waals surface area contributed by atoms with Crippen molar-refractivity contribution in [3.63, 3.8) is 0 Å². The van der Waals surface area contributed by atoms with Gasteiger partial charge in [0.15, 0.2) is 0 Å². The molecule has 0 aliphatic heterocycles. The van der Waals surface area contributed by atoms with Crippen LogP contribution in [0, 0.1) is 5.92 Å². The van der Waals surface area contributed by atoms with E-state index in [-0.39, 0.29) is 67.8 Å². The number of amides is 1. The van der Waals surface area contributed by atoms with Crippen molar-refractivity contribution in [2.45, 2.75) is 290 Å². The topological polar surface area (TPSA) is 184 Å². The Morgan fingerprint density at radius 3 is 1.41 bits per heavy atom. The van der Waals surface area contributed by atoms with Crippen LogP contribution in [0.25, 0.3) is 11.1 Å². The van der Waals surface area contributed by atoms with Gasteiger partial charge in [-0.2, -0.15) is 23.5 Å². The van der Waals surface area contributed by atoms with Crippen molar-refractivity contribution in [2.75, 3.05) is 42.8 Å². The standard InChI is InChI=1S/C44H84O6S.C26H33NO6S/c1-7-9-11-13-15-17-19-21-23-25-27-29-31-33-41(45)48-36-35-40(38-51-37-39(3)43(47)50-44(4,5)6)49-42(46)34-32-30-28-26-24-22-20-18-16-14-12-10-8-2;1-26(2,3)33-24(30)23(16-34-15-17(29)12-13-28)27-25(31)32-14-22-20-10-6-4-8-18(20)19-9-5-7-11-21(19)22/h39-40H,7-38H2,1-6H3;4-11,17,22-23,28-29H,12-16H2,1-3H3,(H,27,31)/t39-,40?;17?,23-/m00/s1. The van der Waals surface area contributed by atoms with E-state index in [9.17, 15) is 29.1 Å². The number of hydrogen-bond acceptors (Lipinski definition) is 14. The number of thioether (sulfide) groups is 2. The lowest BCUT2D eigenvalue weighted by molar-refractivity contribution is -0.159. The van der Waals surface area contributed by atoms with Crippen molar-refractivity contribution >= 4 is 53.5 Å². The quantitative estimate of drug-likeness (QED) is 0.0323. The number of aliphatic hydroxyl groups excluding tert-OH is 2. The Morgan fingerprint density at radius 2 is 0.953 bits per heavy atom. The second-order valence-electron chi connectivity index (χ2n) is 25.3. The molecule has 486 valence electrons. The third-order valence-corrected chi connectivity index (χ3v) is 17.4. The number of hydrogen-bond donors (Lipinski definition) is 3. The van der Waals surface area contributed by atoms with Crippen LogP contribution in [0.3, 0.4) is 0 Å². The van der Waals surface area contributed by atoms with E-state index in [0.29, 0.717) is 36.5 Å². The first-order valence-corrected chi connectivity index (χ1v) is 35.5. The van der Waals surface area contributed by atoms with E-state index in [1.807, 2.05) is 64.1 Å². The average Bonchev–Trinajstić information content (AvgIpc) is 2.78. The van der Waals surface area contributed by atoms with Gasteiger partial charge < -0.3 is 39.2 Å². The van der Waals surface area contributed by atoms with E-state index in [1.54, 1.807) is 32.5 Å². The number of alkyl carbamates (subject to hydrolysis) is 1. The van der Waals surface area contributed by atoms with Crippen molar-refractivity contribution in [3.05, 3.63) is 59.7 Å². The number of nitrogens with one attached hydrogen (secondary N) is 1. The lowest BCUT2D eigenvalue weighted by Crippen LogP contribution is -2.46. The van der Waals surface area contributed by atoms with Crippen LogP contribution in [0.4, 0.5) is 4.79 Å². The van der Waals surface area contributed by atoms with Crippen LogP contribution in [0.2, 0.25) is 0 Å². The normalized spacial score (nSPS) is 13.5. The Morgan fingerprint density at radius 1 is 0.529 bits per heavy atom. The molecule has 1 aliphatic rings. The minimum absolute atomic E-state index is 0.0823. The second-order valence-corrected chi connectivity index (χ2v) is 27.5. The Hall–Kier alpha value is -3.79. The summed E-state index contributed by atoms with van der Waals surface area (Å²) in [4.78, 5) is 62.9. The van der Waals surface area contributed by atoms with Gasteiger partial charge in [0.25, 0.3) is 0 Å². The molecule has 0 spiro atoms. The molecule has 3 rings (SSSR count). The fourth-order valence-electron chi connectivity index (χ4n) is 10.1. The zero-order chi connectivity index (χ0) is 62.6. The number of carbonyl (C=O) groups excluding carboxylic acids is 5. The first-order valence-electron chi connectivity index (χ1n) is 33.1. The molecule has 0 saturated heterocycles. The van der Waals surface area contributed by atoms with Gasteiger partial charge in [0.2, 0.25) is 0 Å². The highest BCUT2D eigenvalue weighted by Gasteiger charge is 2.32. The molecule has 0 radical (unpaired) electrons. The maximum absolute atomic E-state index is 12.8. The van der Waals surface area contributed by atoms with Crippen molar-refractivity contribution in [1.29, 1.82) is 0 Å². The number of unbranched alkanes of at least 4 members (excludes halogenated alkanes) is 24. The van der Waals surface area contributed by atoms with Crippen molar-refractivity contribution in [3.8, 4) is 11.1 Å². The number of esters is 4. The summed E-state index contributed by atoms with van der Waals surface area (Å²) in [6, 6.07) is 15.2. The van der Waals surface area contributed by atoms with Crippen LogP contribution >= 0.6 is 23.5 Å². The summed E-state index contributed by atoms with van der Waals surface area (Å²) in [6.07, 6.45) is 32.9. The van der Waals surface area contributed by atoms with Gasteiger partial charge in [-0.1, -0.05) is 223 Å². The fourth-order valence-corrected chi connectivity index (χ4v) is 12.2. The lowest BCUT2D eigenvalue weighted by Gasteiger charge is -2.24. The zero-order valence-electron chi connectivity index (χ0n) is 54.5. The molecule has 1 aliphatic carbocycles. The lowest BCUT2D eigenvalue weighted by atomic mass is 9.98. The second kappa shape index (κ2) is 47.2. The SMILES string of the molecule is CC(C)(C)OC(=O)[C@H](CSCC(O)CCO)NC(=O)OCC1c2ccccc2-c2ccccc21.CCCCCCCCCCCCCCCC(=O)OCCC(CSC[C@H](C)C(=O)OC(C)(C)C)OC(=O)CCCCCCCCCCCCCCC. The van der Waals surface area contributed by atoms with Gasteiger partial charge in [-0.15, -0.1) is 0 Å². The Labute approximate surface area is 523 Å². The Balaban J connectivity index is 0.000000624. The van der Waals surface area contributed by atoms with Gasteiger partial charge in [-0.25, -0.2) is 9.59 Å². The van der Waals surface area contributed by atoms with Crippen LogP contribution in [0.1, 0.15) is 272 Å². The molecule has 2 aromatic rings. The monoisotopic (exact) mass is 1230 g/mol. The summed E-state index contributed by atoms with van der Waals surface area (Å²) in [5, 5.41) is 21.4. The summed E-state index contributed by atoms with van der Waals surface area (Å²) >= 11 is 2.88. The molecular formula is C70H117NO12S2. The minimum atomic E-state index is -0.929. The van der Waals surface area contributed by atoms with Crippen molar-refractivity contribution in [2.24, 2.45) is 5.92 Å². The molecule has 0 aromatic heterocycles. The van der Waals surface area contributed by atoms with Crippen LogP contribution in [-0.4, -0.2) is 112 Å². The van der Waals surface area contributed by atoms with Gasteiger partial charge in [0.1, 0.15) is 30.0 Å². The highest BCUT2D eigenvalue weighted by molar-refractivity contribution is 7.99. The molecule has 2 unspecified atom stereocenters. The molecule has 2 aromatic carbocycles. The number of benzene rings is 2. The van der Waals surface area contributed by atoms with E-state index in [1.165, 1.54) is 153 Å². The van der Waals surface area contributed by atoms with Gasteiger partial charge in [-0.3, -0.25) is 14.4 Å². The van der Waals surface area contributed by atoms with E-state index >= 15 is 0 Å². The molecule has 85 heavy (non-hydrogen) atoms. The maximum atomic E-state index is 12.8. The molecule has 1 amide bonds. The van der Waals surface area contributed by atoms with E-state index < -0.39 is 35.4 Å². The van der Waals surface area contributed by atoms with Gasteiger partial charge in [0.05, 0.1) is 18.6 Å². The number of aliphatic hydroxyl groups is 2. The highest BCUT2D eigenvalue weighted by Crippen LogP contribution is 2.44. The van der Waals surface area contributed by atoms with E-state index in [0.717, 1.165) is 47.9 Å². The number of rotatable bonds is 47. The largest absolute Gasteiger partial charge is 0.466 e. The molecule has 3 N–H and O–H groups in total. The fraction of sp³-hybridized carbons (Fsp3) is 0.757. The summed E-state index contributed by atoms with van der Waals surface area (Å²) in [5.74, 6) is 0.222. The molecule has 13 nitrogen and oxygen atoms in total. The summed E-state index contributed by atoms with van der Waals surface area (Å²) in [7, 11) is 0. The van der Waals surface area contributed by atoms with Crippen LogP contribution in [-0.2, 0) is 42.9 Å². The first kappa shape index (κ1) is 77.3. The number of ether oxygens (including phenoxy) is 5. The molecule has 0 fully saturated rings. The zero-order valence-corrected chi connectivity index (χ0v) is 56.1. The smallest absolute Gasteiger partial charge is 0.407 e. The number of carbonyl (C=O) groups is 5. The van der Waals surface area contributed by atoms with Crippen molar-refractivity contribution in [1.82, 2.24) is 5.32 Å². The maximum Gasteiger partial charge on any atom is 0.407 e. The molecular weight excluding hydrogens is 1110 g/mol. The van der Waals surface area contributed by atoms with Crippen LogP contribution in [0.15, 0.2) is 48.5 Å². The predicted molar refractivity (Wildman–Crippen MR) is 351 cm³/mol. The molecule has 4 atom stereocenters. The predicted octanol–water partition coefficient (Wildman–Crippen LogP) is 17.2. The van der Waals surface area contributed by atoms with Gasteiger partial charge in [0, 0.05) is 54.8 Å². The minimum Gasteiger partial charge on any atom is -0.466 e. The van der Waals surface area contributed by atoms with E-state index in [2.05, 4.69) is 31.3 Å². The number of fused-ring (bicyclic) bond motifs is 3. The summed E-state index contributed by atoms with van der Waals surface area (Å²) in [6.45, 7) is 17.6. The summed E-state index contributed by atoms with van der Waals surface area (Å²) in [5.41, 5.74) is 3.26.